The number of aromatic nitrogens is 2. The predicted octanol–water partition coefficient (Wildman–Crippen LogP) is 3.05. The van der Waals surface area contributed by atoms with Gasteiger partial charge >= 0.3 is 5.97 Å². The van der Waals surface area contributed by atoms with Crippen LogP contribution < -0.4 is 0 Å². The lowest BCUT2D eigenvalue weighted by Gasteiger charge is -2.00. The van der Waals surface area contributed by atoms with Gasteiger partial charge in [0, 0.05) is 0 Å². The Kier molecular flexibility index (Phi) is 3.03. The summed E-state index contributed by atoms with van der Waals surface area (Å²) in [7, 11) is 0. The van der Waals surface area contributed by atoms with E-state index in [9.17, 15) is 4.79 Å². The molecule has 1 aromatic heterocycles. The van der Waals surface area contributed by atoms with E-state index in [1.807, 2.05) is 0 Å². The van der Waals surface area contributed by atoms with Crippen molar-refractivity contribution in [3.05, 3.63) is 27.9 Å². The molecule has 1 aromatic carbocycles. The zero-order chi connectivity index (χ0) is 11.7. The van der Waals surface area contributed by atoms with Crippen LogP contribution in [0.15, 0.2) is 12.1 Å². The molecule has 0 amide bonds. The normalized spacial score (nSPS) is 10.7. The first kappa shape index (κ1) is 11.2. The summed E-state index contributed by atoms with van der Waals surface area (Å²) in [6.07, 6.45) is 0. The van der Waals surface area contributed by atoms with Gasteiger partial charge in [0.2, 0.25) is 0 Å². The highest BCUT2D eigenvalue weighted by atomic mass is 35.5. The van der Waals surface area contributed by atoms with Gasteiger partial charge in [-0.3, -0.25) is 5.10 Å². The van der Waals surface area contributed by atoms with E-state index in [1.54, 1.807) is 19.1 Å². The summed E-state index contributed by atoms with van der Waals surface area (Å²) in [5.41, 5.74) is 0.696. The molecule has 6 heteroatoms. The quantitative estimate of drug-likeness (QED) is 0.843. The van der Waals surface area contributed by atoms with E-state index in [0.717, 1.165) is 0 Å². The number of carbonyl (C=O) groups is 1. The topological polar surface area (TPSA) is 55.0 Å². The third kappa shape index (κ3) is 1.74. The standard InChI is InChI=1S/C10H8Cl2N2O2/c1-2-16-10(15)9-7-5(11)3-4-6(12)8(7)13-14-9/h3-4H,2H2,1H3,(H,13,14). The van der Waals surface area contributed by atoms with E-state index < -0.39 is 5.97 Å². The largest absolute Gasteiger partial charge is 0.461 e. The minimum absolute atomic E-state index is 0.226. The van der Waals surface area contributed by atoms with Gasteiger partial charge in [0.15, 0.2) is 5.69 Å². The molecule has 2 aromatic rings. The lowest BCUT2D eigenvalue weighted by atomic mass is 10.2. The van der Waals surface area contributed by atoms with Crippen LogP contribution in [0.3, 0.4) is 0 Å². The minimum atomic E-state index is -0.492. The summed E-state index contributed by atoms with van der Waals surface area (Å²) in [5, 5.41) is 7.87. The first-order valence-electron chi connectivity index (χ1n) is 4.64. The molecule has 1 N–H and O–H groups in total. The number of esters is 1. The lowest BCUT2D eigenvalue weighted by Crippen LogP contribution is -2.05. The highest BCUT2D eigenvalue weighted by Crippen LogP contribution is 2.30. The van der Waals surface area contributed by atoms with Crippen LogP contribution in [0.5, 0.6) is 0 Å². The van der Waals surface area contributed by atoms with Gasteiger partial charge in [-0.15, -0.1) is 0 Å². The van der Waals surface area contributed by atoms with Crippen molar-refractivity contribution in [1.82, 2.24) is 10.2 Å². The third-order valence-corrected chi connectivity index (χ3v) is 2.71. The van der Waals surface area contributed by atoms with Crippen LogP contribution in [0.2, 0.25) is 10.0 Å². The maximum Gasteiger partial charge on any atom is 0.357 e. The zero-order valence-corrected chi connectivity index (χ0v) is 9.89. The van der Waals surface area contributed by atoms with Crippen molar-refractivity contribution in [2.75, 3.05) is 6.61 Å². The molecule has 0 spiro atoms. The number of ether oxygens (including phenoxy) is 1. The molecule has 2 rings (SSSR count). The van der Waals surface area contributed by atoms with E-state index in [1.165, 1.54) is 0 Å². The van der Waals surface area contributed by atoms with Crippen LogP contribution in [0, 0.1) is 0 Å². The van der Waals surface area contributed by atoms with Crippen LogP contribution in [0.25, 0.3) is 10.9 Å². The maximum atomic E-state index is 11.6. The molecule has 84 valence electrons. The minimum Gasteiger partial charge on any atom is -0.461 e. The first-order valence-corrected chi connectivity index (χ1v) is 5.40. The Balaban J connectivity index is 2.64. The average Bonchev–Trinajstić information content (AvgIpc) is 2.69. The number of aromatic amines is 1. The molecule has 1 heterocycles. The Labute approximate surface area is 101 Å². The van der Waals surface area contributed by atoms with Crippen molar-refractivity contribution >= 4 is 40.1 Å². The fourth-order valence-electron chi connectivity index (χ4n) is 1.41. The van der Waals surface area contributed by atoms with E-state index in [-0.39, 0.29) is 12.3 Å². The summed E-state index contributed by atoms with van der Waals surface area (Å²) in [4.78, 5) is 11.6. The number of nitrogens with one attached hydrogen (secondary N) is 1. The van der Waals surface area contributed by atoms with Crippen LogP contribution in [0.1, 0.15) is 17.4 Å². The van der Waals surface area contributed by atoms with Gasteiger partial charge in [0.05, 0.1) is 22.0 Å². The Bertz CT molecular complexity index is 551. The summed E-state index contributed by atoms with van der Waals surface area (Å²) < 4.78 is 4.88. The molecule has 16 heavy (non-hydrogen) atoms. The molecule has 0 aliphatic heterocycles. The molecular weight excluding hydrogens is 251 g/mol. The van der Waals surface area contributed by atoms with E-state index >= 15 is 0 Å². The van der Waals surface area contributed by atoms with Gasteiger partial charge in [-0.2, -0.15) is 5.10 Å². The highest BCUT2D eigenvalue weighted by molar-refractivity contribution is 6.40. The number of halogens is 2. The van der Waals surface area contributed by atoms with Gasteiger partial charge in [0.25, 0.3) is 0 Å². The van der Waals surface area contributed by atoms with E-state index in [2.05, 4.69) is 10.2 Å². The summed E-state index contributed by atoms with van der Waals surface area (Å²) in [6.45, 7) is 2.02. The Morgan fingerprint density at radius 1 is 1.44 bits per heavy atom. The Morgan fingerprint density at radius 2 is 2.12 bits per heavy atom. The lowest BCUT2D eigenvalue weighted by molar-refractivity contribution is 0.0521. The highest BCUT2D eigenvalue weighted by Gasteiger charge is 2.18. The number of carbonyl (C=O) groups excluding carboxylic acids is 1. The smallest absolute Gasteiger partial charge is 0.357 e. The van der Waals surface area contributed by atoms with Crippen molar-refractivity contribution in [3.63, 3.8) is 0 Å². The molecular formula is C10H8Cl2N2O2. The number of hydrogen-bond donors (Lipinski definition) is 1. The van der Waals surface area contributed by atoms with Crippen LogP contribution >= 0.6 is 23.2 Å². The molecule has 0 saturated carbocycles. The SMILES string of the molecule is CCOC(=O)c1[nH]nc2c(Cl)ccc(Cl)c12. The summed E-state index contributed by atoms with van der Waals surface area (Å²) in [5.74, 6) is -0.492. The second-order valence-corrected chi connectivity index (χ2v) is 3.89. The predicted molar refractivity (Wildman–Crippen MR) is 62.1 cm³/mol. The van der Waals surface area contributed by atoms with Crippen molar-refractivity contribution < 1.29 is 9.53 Å². The number of H-pyrrole nitrogens is 1. The van der Waals surface area contributed by atoms with Crippen LogP contribution in [-0.4, -0.2) is 22.8 Å². The number of benzene rings is 1. The molecule has 0 bridgehead atoms. The van der Waals surface area contributed by atoms with Crippen LogP contribution in [-0.2, 0) is 4.74 Å². The van der Waals surface area contributed by atoms with E-state index in [4.69, 9.17) is 27.9 Å². The first-order chi connectivity index (χ1) is 7.65. The molecule has 0 aliphatic carbocycles. The number of fused-ring (bicyclic) bond motifs is 1. The van der Waals surface area contributed by atoms with Crippen molar-refractivity contribution in [2.24, 2.45) is 0 Å². The van der Waals surface area contributed by atoms with Crippen molar-refractivity contribution in [3.8, 4) is 0 Å². The van der Waals surface area contributed by atoms with Crippen molar-refractivity contribution in [2.45, 2.75) is 6.92 Å². The molecule has 0 unspecified atom stereocenters. The molecule has 0 aliphatic rings. The molecule has 0 radical (unpaired) electrons. The van der Waals surface area contributed by atoms with Gasteiger partial charge in [0.1, 0.15) is 5.52 Å². The molecule has 4 nitrogen and oxygen atoms in total. The fraction of sp³-hybridized carbons (Fsp3) is 0.200. The summed E-state index contributed by atoms with van der Waals surface area (Å²) >= 11 is 11.9. The second-order valence-electron chi connectivity index (χ2n) is 3.07. The number of rotatable bonds is 2. The van der Waals surface area contributed by atoms with Crippen LogP contribution in [0.4, 0.5) is 0 Å². The van der Waals surface area contributed by atoms with E-state index in [0.29, 0.717) is 20.9 Å². The second kappa shape index (κ2) is 4.31. The Hall–Kier alpha value is -1.26. The van der Waals surface area contributed by atoms with Gasteiger partial charge in [-0.1, -0.05) is 23.2 Å². The average molecular weight is 259 g/mol. The van der Waals surface area contributed by atoms with Gasteiger partial charge in [-0.05, 0) is 19.1 Å². The Morgan fingerprint density at radius 3 is 2.81 bits per heavy atom. The monoisotopic (exact) mass is 258 g/mol. The number of hydrogen-bond acceptors (Lipinski definition) is 3. The fourth-order valence-corrected chi connectivity index (χ4v) is 1.85. The van der Waals surface area contributed by atoms with Gasteiger partial charge < -0.3 is 4.74 Å². The third-order valence-electron chi connectivity index (χ3n) is 2.09. The molecule has 0 saturated heterocycles. The number of nitrogens with zero attached hydrogens (tertiary/aromatic N) is 1. The summed E-state index contributed by atoms with van der Waals surface area (Å²) in [6, 6.07) is 3.24. The van der Waals surface area contributed by atoms with Crippen molar-refractivity contribution in [1.29, 1.82) is 0 Å². The molecule has 0 fully saturated rings. The zero-order valence-electron chi connectivity index (χ0n) is 8.38. The maximum absolute atomic E-state index is 11.6. The molecule has 0 atom stereocenters. The van der Waals surface area contributed by atoms with Gasteiger partial charge in [-0.25, -0.2) is 4.79 Å².